The standard InChI is InChI=1S/C30H47N3O4/c1-21(2)14-23-18-32-11-9-22-16-28(35-3)29(36-4)17-26(22)27(32)15-24(23)20-37-30(34)33-13-12-31-10-7-5-6-8-25(31)19-33/h16-17,21,23-25,27H,5-15,18-20H2,1-4H3. The Morgan fingerprint density at radius 2 is 1.76 bits per heavy atom. The molecular formula is C30H47N3O4. The third kappa shape index (κ3) is 5.88. The number of piperazine rings is 1. The number of nitrogens with zero attached hydrogens (tertiary/aromatic N) is 3. The average Bonchev–Trinajstić information content (AvgIpc) is 3.15. The Balaban J connectivity index is 1.27. The van der Waals surface area contributed by atoms with Gasteiger partial charge in [0.25, 0.3) is 0 Å². The van der Waals surface area contributed by atoms with Crippen LogP contribution in [-0.4, -0.2) is 86.9 Å². The van der Waals surface area contributed by atoms with E-state index in [4.69, 9.17) is 14.2 Å². The molecule has 1 aromatic carbocycles. The van der Waals surface area contributed by atoms with Crippen molar-refractivity contribution >= 4 is 6.09 Å². The van der Waals surface area contributed by atoms with E-state index in [1.165, 1.54) is 49.8 Å². The molecule has 4 aliphatic rings. The number of hydrogen-bond donors (Lipinski definition) is 0. The molecule has 5 rings (SSSR count). The highest BCUT2D eigenvalue weighted by atomic mass is 16.6. The number of piperidine rings is 1. The van der Waals surface area contributed by atoms with Crippen LogP contribution < -0.4 is 9.47 Å². The van der Waals surface area contributed by atoms with Crippen molar-refractivity contribution in [3.8, 4) is 11.5 Å². The predicted octanol–water partition coefficient (Wildman–Crippen LogP) is 4.98. The largest absolute Gasteiger partial charge is 0.493 e. The molecule has 1 aromatic rings. The fourth-order valence-electron chi connectivity index (χ4n) is 7.35. The topological polar surface area (TPSA) is 54.5 Å². The highest BCUT2D eigenvalue weighted by Gasteiger charge is 2.40. The Bertz CT molecular complexity index is 938. The van der Waals surface area contributed by atoms with Crippen molar-refractivity contribution in [3.05, 3.63) is 23.3 Å². The second kappa shape index (κ2) is 11.8. The molecule has 4 unspecified atom stereocenters. The second-order valence-corrected chi connectivity index (χ2v) is 12.1. The zero-order valence-electron chi connectivity index (χ0n) is 23.4. The summed E-state index contributed by atoms with van der Waals surface area (Å²) in [5.41, 5.74) is 2.71. The molecular weight excluding hydrogens is 466 g/mol. The maximum Gasteiger partial charge on any atom is 0.409 e. The minimum absolute atomic E-state index is 0.106. The molecule has 206 valence electrons. The number of carbonyl (C=O) groups excluding carboxylic acids is 1. The van der Waals surface area contributed by atoms with Gasteiger partial charge in [-0.2, -0.15) is 0 Å². The summed E-state index contributed by atoms with van der Waals surface area (Å²) in [5, 5.41) is 0. The summed E-state index contributed by atoms with van der Waals surface area (Å²) in [6, 6.07) is 5.19. The number of amides is 1. The van der Waals surface area contributed by atoms with Gasteiger partial charge in [-0.25, -0.2) is 4.79 Å². The van der Waals surface area contributed by atoms with E-state index >= 15 is 0 Å². The summed E-state index contributed by atoms with van der Waals surface area (Å²) >= 11 is 0. The van der Waals surface area contributed by atoms with Gasteiger partial charge in [-0.15, -0.1) is 0 Å². The highest BCUT2D eigenvalue weighted by Crippen LogP contribution is 2.45. The number of benzene rings is 1. The Morgan fingerprint density at radius 3 is 2.54 bits per heavy atom. The molecule has 0 radical (unpaired) electrons. The lowest BCUT2D eigenvalue weighted by Gasteiger charge is -2.47. The molecule has 0 aromatic heterocycles. The van der Waals surface area contributed by atoms with Crippen LogP contribution in [0.3, 0.4) is 0 Å². The lowest BCUT2D eigenvalue weighted by molar-refractivity contribution is -0.00147. The predicted molar refractivity (Wildman–Crippen MR) is 145 cm³/mol. The number of ether oxygens (including phenoxy) is 3. The summed E-state index contributed by atoms with van der Waals surface area (Å²) in [6.45, 7) is 11.1. The summed E-state index contributed by atoms with van der Waals surface area (Å²) in [4.78, 5) is 20.4. The number of carbonyl (C=O) groups is 1. The van der Waals surface area contributed by atoms with Crippen LogP contribution in [0, 0.1) is 17.8 Å². The molecule has 0 spiro atoms. The molecule has 0 N–H and O–H groups in total. The van der Waals surface area contributed by atoms with Crippen LogP contribution >= 0.6 is 0 Å². The molecule has 4 aliphatic heterocycles. The van der Waals surface area contributed by atoms with Gasteiger partial charge in [-0.3, -0.25) is 9.80 Å². The number of methoxy groups -OCH3 is 2. The van der Waals surface area contributed by atoms with Gasteiger partial charge in [0.15, 0.2) is 11.5 Å². The molecule has 4 heterocycles. The van der Waals surface area contributed by atoms with E-state index in [9.17, 15) is 4.79 Å². The van der Waals surface area contributed by atoms with Gasteiger partial charge in [0.2, 0.25) is 0 Å². The molecule has 0 saturated carbocycles. The first kappa shape index (κ1) is 26.6. The first-order chi connectivity index (χ1) is 18.0. The molecule has 1 amide bonds. The monoisotopic (exact) mass is 513 g/mol. The Kier molecular flexibility index (Phi) is 8.50. The molecule has 3 fully saturated rings. The zero-order chi connectivity index (χ0) is 25.9. The van der Waals surface area contributed by atoms with E-state index in [0.29, 0.717) is 36.4 Å². The SMILES string of the molecule is COc1cc2c(cc1OC)C1CC(COC(=O)N3CCN4CCCCCC4C3)C(CC(C)C)CN1CC2. The van der Waals surface area contributed by atoms with Crippen molar-refractivity contribution in [1.82, 2.24) is 14.7 Å². The van der Waals surface area contributed by atoms with Gasteiger partial charge in [0.1, 0.15) is 0 Å². The lowest BCUT2D eigenvalue weighted by Crippen LogP contribution is -2.54. The normalized spacial score (nSPS) is 28.6. The molecule has 4 atom stereocenters. The minimum atomic E-state index is -0.106. The van der Waals surface area contributed by atoms with E-state index in [0.717, 1.165) is 57.1 Å². The maximum atomic E-state index is 13.2. The minimum Gasteiger partial charge on any atom is -0.493 e. The van der Waals surface area contributed by atoms with Crippen molar-refractivity contribution in [3.63, 3.8) is 0 Å². The van der Waals surface area contributed by atoms with Gasteiger partial charge >= 0.3 is 6.09 Å². The van der Waals surface area contributed by atoms with Crippen LogP contribution in [0.15, 0.2) is 12.1 Å². The molecule has 7 heteroatoms. The number of fused-ring (bicyclic) bond motifs is 4. The fourth-order valence-corrected chi connectivity index (χ4v) is 7.35. The average molecular weight is 514 g/mol. The van der Waals surface area contributed by atoms with Gasteiger partial charge < -0.3 is 19.1 Å². The third-order valence-electron chi connectivity index (χ3n) is 9.32. The molecule has 3 saturated heterocycles. The first-order valence-electron chi connectivity index (χ1n) is 14.6. The van der Waals surface area contributed by atoms with Gasteiger partial charge in [0, 0.05) is 44.8 Å². The number of rotatable bonds is 6. The van der Waals surface area contributed by atoms with E-state index in [1.807, 2.05) is 4.90 Å². The van der Waals surface area contributed by atoms with Crippen molar-refractivity contribution in [2.45, 2.75) is 70.9 Å². The number of hydrogen-bond acceptors (Lipinski definition) is 6. The Morgan fingerprint density at radius 1 is 0.946 bits per heavy atom. The van der Waals surface area contributed by atoms with Crippen molar-refractivity contribution in [2.75, 3.05) is 60.1 Å². The van der Waals surface area contributed by atoms with Gasteiger partial charge in [0.05, 0.1) is 20.8 Å². The molecule has 0 bridgehead atoms. The second-order valence-electron chi connectivity index (χ2n) is 12.1. The Hall–Kier alpha value is -1.99. The third-order valence-corrected chi connectivity index (χ3v) is 9.32. The van der Waals surface area contributed by atoms with E-state index < -0.39 is 0 Å². The summed E-state index contributed by atoms with van der Waals surface area (Å²) < 4.78 is 17.3. The fraction of sp³-hybridized carbons (Fsp3) is 0.767. The van der Waals surface area contributed by atoms with Crippen molar-refractivity contribution in [2.24, 2.45) is 17.8 Å². The van der Waals surface area contributed by atoms with Crippen LogP contribution in [0.2, 0.25) is 0 Å². The summed E-state index contributed by atoms with van der Waals surface area (Å²) in [7, 11) is 3.41. The van der Waals surface area contributed by atoms with E-state index in [1.54, 1.807) is 14.2 Å². The van der Waals surface area contributed by atoms with Crippen LogP contribution in [0.5, 0.6) is 11.5 Å². The van der Waals surface area contributed by atoms with Crippen molar-refractivity contribution in [1.29, 1.82) is 0 Å². The van der Waals surface area contributed by atoms with Crippen molar-refractivity contribution < 1.29 is 19.0 Å². The van der Waals surface area contributed by atoms with Crippen LogP contribution in [0.4, 0.5) is 4.79 Å². The van der Waals surface area contributed by atoms with E-state index in [-0.39, 0.29) is 6.09 Å². The quantitative estimate of drug-likeness (QED) is 0.535. The molecule has 37 heavy (non-hydrogen) atoms. The Labute approximate surface area is 223 Å². The first-order valence-corrected chi connectivity index (χ1v) is 14.6. The van der Waals surface area contributed by atoms with Gasteiger partial charge in [-0.1, -0.05) is 26.7 Å². The smallest absolute Gasteiger partial charge is 0.409 e. The highest BCUT2D eigenvalue weighted by molar-refractivity contribution is 5.67. The maximum absolute atomic E-state index is 13.2. The zero-order valence-corrected chi connectivity index (χ0v) is 23.4. The summed E-state index contributed by atoms with van der Waals surface area (Å²) in [5.74, 6) is 3.15. The van der Waals surface area contributed by atoms with Gasteiger partial charge in [-0.05, 0) is 79.7 Å². The molecule has 0 aliphatic carbocycles. The van der Waals surface area contributed by atoms with Crippen LogP contribution in [0.1, 0.15) is 69.5 Å². The summed E-state index contributed by atoms with van der Waals surface area (Å²) in [6.07, 6.45) is 8.20. The van der Waals surface area contributed by atoms with Crippen LogP contribution in [-0.2, 0) is 11.2 Å². The molecule has 7 nitrogen and oxygen atoms in total. The van der Waals surface area contributed by atoms with E-state index in [2.05, 4.69) is 35.8 Å². The van der Waals surface area contributed by atoms with Crippen LogP contribution in [0.25, 0.3) is 0 Å². The lowest BCUT2D eigenvalue weighted by atomic mass is 9.74.